The maximum Gasteiger partial charge on any atom is 0.251 e. The lowest BCUT2D eigenvalue weighted by Gasteiger charge is -2.19. The third-order valence-electron chi connectivity index (χ3n) is 3.34. The van der Waals surface area contributed by atoms with Gasteiger partial charge in [0, 0.05) is 31.4 Å². The number of para-hydroxylation sites is 1. The van der Waals surface area contributed by atoms with Crippen LogP contribution in [0.1, 0.15) is 10.4 Å². The molecule has 0 aliphatic carbocycles. The minimum absolute atomic E-state index is 0.125. The molecule has 22 heavy (non-hydrogen) atoms. The van der Waals surface area contributed by atoms with Gasteiger partial charge in [-0.15, -0.1) is 0 Å². The summed E-state index contributed by atoms with van der Waals surface area (Å²) in [5.41, 5.74) is 1.35. The standard InChI is InChI=1S/C17H19FN2O2/c1-20(14-6-4-3-5-7-14)11-10-19-17(21)13-8-9-16(22-2)15(18)12-13/h3-9,12H,10-11H2,1-2H3,(H,19,21). The van der Waals surface area contributed by atoms with Gasteiger partial charge in [0.05, 0.1) is 7.11 Å². The van der Waals surface area contributed by atoms with Crippen molar-refractivity contribution in [1.29, 1.82) is 0 Å². The monoisotopic (exact) mass is 302 g/mol. The van der Waals surface area contributed by atoms with Crippen molar-refractivity contribution in [2.24, 2.45) is 0 Å². The van der Waals surface area contributed by atoms with E-state index in [1.165, 1.54) is 25.3 Å². The largest absolute Gasteiger partial charge is 0.494 e. The Hall–Kier alpha value is -2.56. The van der Waals surface area contributed by atoms with Crippen molar-refractivity contribution in [2.45, 2.75) is 0 Å². The first kappa shape index (κ1) is 15.8. The Morgan fingerprint density at radius 2 is 1.95 bits per heavy atom. The van der Waals surface area contributed by atoms with Crippen LogP contribution in [0.3, 0.4) is 0 Å². The molecular weight excluding hydrogens is 283 g/mol. The molecule has 0 radical (unpaired) electrons. The van der Waals surface area contributed by atoms with Crippen LogP contribution in [-0.2, 0) is 0 Å². The lowest BCUT2D eigenvalue weighted by Crippen LogP contribution is -2.33. The highest BCUT2D eigenvalue weighted by atomic mass is 19.1. The number of nitrogens with one attached hydrogen (secondary N) is 1. The van der Waals surface area contributed by atoms with E-state index in [0.29, 0.717) is 13.1 Å². The Morgan fingerprint density at radius 3 is 2.59 bits per heavy atom. The molecule has 116 valence electrons. The summed E-state index contributed by atoms with van der Waals surface area (Å²) in [5, 5.41) is 2.78. The second-order valence-electron chi connectivity index (χ2n) is 4.86. The normalized spacial score (nSPS) is 10.1. The summed E-state index contributed by atoms with van der Waals surface area (Å²) in [6, 6.07) is 14.0. The zero-order valence-corrected chi connectivity index (χ0v) is 12.7. The summed E-state index contributed by atoms with van der Waals surface area (Å²) >= 11 is 0. The molecule has 0 spiro atoms. The van der Waals surface area contributed by atoms with E-state index in [1.54, 1.807) is 0 Å². The predicted molar refractivity (Wildman–Crippen MR) is 85.0 cm³/mol. The van der Waals surface area contributed by atoms with Crippen LogP contribution in [0.5, 0.6) is 5.75 Å². The highest BCUT2D eigenvalue weighted by molar-refractivity contribution is 5.94. The number of anilines is 1. The first-order chi connectivity index (χ1) is 10.6. The number of methoxy groups -OCH3 is 1. The van der Waals surface area contributed by atoms with Gasteiger partial charge < -0.3 is 15.0 Å². The molecule has 0 aliphatic heterocycles. The Morgan fingerprint density at radius 1 is 1.23 bits per heavy atom. The van der Waals surface area contributed by atoms with E-state index in [2.05, 4.69) is 5.32 Å². The molecule has 0 saturated carbocycles. The van der Waals surface area contributed by atoms with Crippen LogP contribution in [0.4, 0.5) is 10.1 Å². The molecule has 2 rings (SSSR count). The maximum absolute atomic E-state index is 13.6. The van der Waals surface area contributed by atoms with Gasteiger partial charge in [0.25, 0.3) is 5.91 Å². The number of benzene rings is 2. The van der Waals surface area contributed by atoms with E-state index >= 15 is 0 Å². The second-order valence-corrected chi connectivity index (χ2v) is 4.86. The smallest absolute Gasteiger partial charge is 0.251 e. The number of hydrogen-bond acceptors (Lipinski definition) is 3. The Balaban J connectivity index is 1.86. The van der Waals surface area contributed by atoms with E-state index in [0.717, 1.165) is 5.69 Å². The van der Waals surface area contributed by atoms with E-state index in [4.69, 9.17) is 4.74 Å². The number of carbonyl (C=O) groups excluding carboxylic acids is 1. The molecule has 1 N–H and O–H groups in total. The molecule has 0 saturated heterocycles. The van der Waals surface area contributed by atoms with Gasteiger partial charge in [-0.2, -0.15) is 0 Å². The molecule has 0 bridgehead atoms. The molecule has 2 aromatic rings. The van der Waals surface area contributed by atoms with E-state index in [1.807, 2.05) is 42.3 Å². The van der Waals surface area contributed by atoms with Crippen molar-refractivity contribution in [3.63, 3.8) is 0 Å². The minimum atomic E-state index is -0.545. The van der Waals surface area contributed by atoms with Crippen LogP contribution >= 0.6 is 0 Å². The van der Waals surface area contributed by atoms with Gasteiger partial charge >= 0.3 is 0 Å². The van der Waals surface area contributed by atoms with E-state index in [-0.39, 0.29) is 17.2 Å². The number of likely N-dealkylation sites (N-methyl/N-ethyl adjacent to an activating group) is 1. The van der Waals surface area contributed by atoms with Gasteiger partial charge in [-0.25, -0.2) is 4.39 Å². The zero-order valence-electron chi connectivity index (χ0n) is 12.7. The quantitative estimate of drug-likeness (QED) is 0.892. The highest BCUT2D eigenvalue weighted by Crippen LogP contribution is 2.17. The van der Waals surface area contributed by atoms with Crippen molar-refractivity contribution in [2.75, 3.05) is 32.1 Å². The number of halogens is 1. The molecule has 5 heteroatoms. The summed E-state index contributed by atoms with van der Waals surface area (Å²) in [7, 11) is 3.34. The van der Waals surface area contributed by atoms with Gasteiger partial charge in [0.1, 0.15) is 0 Å². The van der Waals surface area contributed by atoms with Crippen molar-refractivity contribution in [3.05, 3.63) is 59.9 Å². The van der Waals surface area contributed by atoms with Gasteiger partial charge in [0.2, 0.25) is 0 Å². The SMILES string of the molecule is COc1ccc(C(=O)NCCN(C)c2ccccc2)cc1F. The third-order valence-corrected chi connectivity index (χ3v) is 3.34. The summed E-state index contributed by atoms with van der Waals surface area (Å²) in [5.74, 6) is -0.722. The average Bonchev–Trinajstić information content (AvgIpc) is 2.55. The maximum atomic E-state index is 13.6. The number of carbonyl (C=O) groups is 1. The first-order valence-electron chi connectivity index (χ1n) is 6.99. The van der Waals surface area contributed by atoms with Crippen LogP contribution in [0.2, 0.25) is 0 Å². The number of amides is 1. The molecule has 4 nitrogen and oxygen atoms in total. The first-order valence-corrected chi connectivity index (χ1v) is 6.99. The average molecular weight is 302 g/mol. The van der Waals surface area contributed by atoms with Gasteiger partial charge in [0.15, 0.2) is 11.6 Å². The van der Waals surface area contributed by atoms with Crippen LogP contribution in [0, 0.1) is 5.82 Å². The lowest BCUT2D eigenvalue weighted by atomic mass is 10.2. The number of ether oxygens (including phenoxy) is 1. The van der Waals surface area contributed by atoms with Crippen molar-refractivity contribution >= 4 is 11.6 Å². The van der Waals surface area contributed by atoms with Gasteiger partial charge in [-0.3, -0.25) is 4.79 Å². The Labute approximate surface area is 129 Å². The second kappa shape index (κ2) is 7.45. The summed E-state index contributed by atoms with van der Waals surface area (Å²) < 4.78 is 18.4. The molecule has 0 heterocycles. The number of hydrogen-bond donors (Lipinski definition) is 1. The Bertz CT molecular complexity index is 632. The van der Waals surface area contributed by atoms with Crippen LogP contribution in [-0.4, -0.2) is 33.2 Å². The van der Waals surface area contributed by atoms with E-state index < -0.39 is 5.82 Å². The molecule has 0 aromatic heterocycles. The Kier molecular flexibility index (Phi) is 5.36. The fraction of sp³-hybridized carbons (Fsp3) is 0.235. The van der Waals surface area contributed by atoms with E-state index in [9.17, 15) is 9.18 Å². The molecule has 0 fully saturated rings. The molecule has 0 atom stereocenters. The fourth-order valence-corrected chi connectivity index (χ4v) is 2.06. The molecule has 0 unspecified atom stereocenters. The fourth-order valence-electron chi connectivity index (χ4n) is 2.06. The molecule has 1 amide bonds. The van der Waals surface area contributed by atoms with Crippen LogP contribution in [0.15, 0.2) is 48.5 Å². The summed E-state index contributed by atoms with van der Waals surface area (Å²) in [6.45, 7) is 1.13. The van der Waals surface area contributed by atoms with Crippen molar-refractivity contribution in [1.82, 2.24) is 5.32 Å². The lowest BCUT2D eigenvalue weighted by molar-refractivity contribution is 0.0954. The molecule has 0 aliphatic rings. The number of rotatable bonds is 6. The topological polar surface area (TPSA) is 41.6 Å². The summed E-state index contributed by atoms with van der Waals surface area (Å²) in [6.07, 6.45) is 0. The van der Waals surface area contributed by atoms with Gasteiger partial charge in [-0.05, 0) is 30.3 Å². The van der Waals surface area contributed by atoms with Crippen LogP contribution < -0.4 is 15.0 Å². The third kappa shape index (κ3) is 3.97. The highest BCUT2D eigenvalue weighted by Gasteiger charge is 2.10. The van der Waals surface area contributed by atoms with Crippen molar-refractivity contribution < 1.29 is 13.9 Å². The van der Waals surface area contributed by atoms with Crippen molar-refractivity contribution in [3.8, 4) is 5.75 Å². The minimum Gasteiger partial charge on any atom is -0.494 e. The molecule has 2 aromatic carbocycles. The number of nitrogens with zero attached hydrogens (tertiary/aromatic N) is 1. The predicted octanol–water partition coefficient (Wildman–Crippen LogP) is 2.70. The molecular formula is C17H19FN2O2. The van der Waals surface area contributed by atoms with Gasteiger partial charge in [-0.1, -0.05) is 18.2 Å². The van der Waals surface area contributed by atoms with Crippen LogP contribution in [0.25, 0.3) is 0 Å². The zero-order chi connectivity index (χ0) is 15.9. The summed E-state index contributed by atoms with van der Waals surface area (Å²) in [4.78, 5) is 14.0.